The molecule has 0 saturated heterocycles. The third-order valence-electron chi connectivity index (χ3n) is 5.58. The van der Waals surface area contributed by atoms with Crippen molar-refractivity contribution in [1.29, 1.82) is 0 Å². The molecule has 1 aliphatic carbocycles. The van der Waals surface area contributed by atoms with Gasteiger partial charge in [0.2, 0.25) is 0 Å². The summed E-state index contributed by atoms with van der Waals surface area (Å²) in [6, 6.07) is 14.7. The third-order valence-corrected chi connectivity index (χ3v) is 6.43. The fourth-order valence-electron chi connectivity index (χ4n) is 4.17. The number of hydrogen-bond acceptors (Lipinski definition) is 2. The number of benzene rings is 1. The van der Waals surface area contributed by atoms with Gasteiger partial charge >= 0.3 is 0 Å². The quantitative estimate of drug-likeness (QED) is 0.658. The van der Waals surface area contributed by atoms with E-state index >= 15 is 0 Å². The van der Waals surface area contributed by atoms with Crippen molar-refractivity contribution in [1.82, 2.24) is 4.90 Å². The Balaban J connectivity index is 1.92. The van der Waals surface area contributed by atoms with Gasteiger partial charge < -0.3 is 4.90 Å². The average Bonchev–Trinajstić information content (AvgIpc) is 3.14. The van der Waals surface area contributed by atoms with Gasteiger partial charge in [-0.25, -0.2) is 0 Å². The summed E-state index contributed by atoms with van der Waals surface area (Å²) in [5.74, 6) is 2.08. The zero-order valence-electron chi connectivity index (χ0n) is 15.5. The van der Waals surface area contributed by atoms with Crippen LogP contribution in [0.25, 0.3) is 0 Å². The molecule has 0 radical (unpaired) electrons. The Morgan fingerprint density at radius 1 is 1.16 bits per heavy atom. The summed E-state index contributed by atoms with van der Waals surface area (Å²) in [5.41, 5.74) is 1.22. The molecule has 134 valence electrons. The molecular formula is C22H29NOS. The van der Waals surface area contributed by atoms with Crippen molar-refractivity contribution in [2.75, 3.05) is 0 Å². The molecule has 0 N–H and O–H groups in total. The Hall–Kier alpha value is -1.61. The second-order valence-electron chi connectivity index (χ2n) is 7.79. The SMILES string of the molecule is CC(C)[C@H]1CC[C@H](C)C[C@@H]1N(Cc1ccccc1)C(=O)c1cccs1. The van der Waals surface area contributed by atoms with Gasteiger partial charge in [0.1, 0.15) is 0 Å². The third kappa shape index (κ3) is 4.33. The lowest BCUT2D eigenvalue weighted by Crippen LogP contribution is -2.48. The number of nitrogens with zero attached hydrogens (tertiary/aromatic N) is 1. The van der Waals surface area contributed by atoms with E-state index in [1.807, 2.05) is 23.6 Å². The topological polar surface area (TPSA) is 20.3 Å². The minimum atomic E-state index is 0.198. The lowest BCUT2D eigenvalue weighted by atomic mass is 9.73. The average molecular weight is 356 g/mol. The van der Waals surface area contributed by atoms with Crippen LogP contribution in [0.4, 0.5) is 0 Å². The summed E-state index contributed by atoms with van der Waals surface area (Å²) in [6.07, 6.45) is 3.63. The molecule has 0 bridgehead atoms. The predicted molar refractivity (Wildman–Crippen MR) is 106 cm³/mol. The summed E-state index contributed by atoms with van der Waals surface area (Å²) >= 11 is 1.55. The van der Waals surface area contributed by atoms with E-state index in [0.29, 0.717) is 30.3 Å². The fraction of sp³-hybridized carbons (Fsp3) is 0.500. The molecule has 0 aliphatic heterocycles. The largest absolute Gasteiger partial charge is 0.330 e. The molecule has 1 aliphatic rings. The number of carbonyl (C=O) groups excluding carboxylic acids is 1. The molecule has 3 atom stereocenters. The van der Waals surface area contributed by atoms with Crippen LogP contribution in [0.2, 0.25) is 0 Å². The Morgan fingerprint density at radius 3 is 2.56 bits per heavy atom. The second kappa shape index (κ2) is 8.18. The monoisotopic (exact) mass is 355 g/mol. The van der Waals surface area contributed by atoms with Crippen LogP contribution in [0.5, 0.6) is 0 Å². The summed E-state index contributed by atoms with van der Waals surface area (Å²) in [4.78, 5) is 16.3. The maximum absolute atomic E-state index is 13.3. The van der Waals surface area contributed by atoms with Gasteiger partial charge in [-0.3, -0.25) is 4.79 Å². The van der Waals surface area contributed by atoms with Crippen molar-refractivity contribution in [2.45, 2.75) is 52.6 Å². The van der Waals surface area contributed by atoms with Gasteiger partial charge in [-0.1, -0.05) is 63.6 Å². The molecule has 2 aromatic rings. The zero-order chi connectivity index (χ0) is 17.8. The summed E-state index contributed by atoms with van der Waals surface area (Å²) < 4.78 is 0. The number of rotatable bonds is 5. The van der Waals surface area contributed by atoms with Gasteiger partial charge in [-0.2, -0.15) is 0 Å². The van der Waals surface area contributed by atoms with E-state index in [1.165, 1.54) is 18.4 Å². The first kappa shape index (κ1) is 18.2. The van der Waals surface area contributed by atoms with Gasteiger partial charge in [0.25, 0.3) is 5.91 Å². The Bertz CT molecular complexity index is 665. The molecule has 3 heteroatoms. The van der Waals surface area contributed by atoms with Gasteiger partial charge in [0.05, 0.1) is 4.88 Å². The smallest absolute Gasteiger partial charge is 0.264 e. The van der Waals surface area contributed by atoms with Crippen molar-refractivity contribution < 1.29 is 4.79 Å². The molecule has 1 saturated carbocycles. The number of carbonyl (C=O) groups is 1. The van der Waals surface area contributed by atoms with Crippen LogP contribution in [-0.4, -0.2) is 16.8 Å². The van der Waals surface area contributed by atoms with Crippen molar-refractivity contribution in [3.8, 4) is 0 Å². The highest BCUT2D eigenvalue weighted by atomic mass is 32.1. The molecule has 1 aromatic heterocycles. The van der Waals surface area contributed by atoms with Crippen LogP contribution in [-0.2, 0) is 6.54 Å². The number of hydrogen-bond donors (Lipinski definition) is 0. The van der Waals surface area contributed by atoms with Crippen LogP contribution < -0.4 is 0 Å². The van der Waals surface area contributed by atoms with Gasteiger partial charge in [-0.05, 0) is 47.6 Å². The van der Waals surface area contributed by atoms with E-state index in [2.05, 4.69) is 49.9 Å². The zero-order valence-corrected chi connectivity index (χ0v) is 16.3. The van der Waals surface area contributed by atoms with Gasteiger partial charge in [-0.15, -0.1) is 11.3 Å². The Labute approximate surface area is 155 Å². The molecule has 3 rings (SSSR count). The van der Waals surface area contributed by atoms with Crippen LogP contribution in [0.15, 0.2) is 47.8 Å². The van der Waals surface area contributed by atoms with Crippen LogP contribution >= 0.6 is 11.3 Å². The minimum absolute atomic E-state index is 0.198. The number of thiophene rings is 1. The van der Waals surface area contributed by atoms with Crippen molar-refractivity contribution >= 4 is 17.2 Å². The van der Waals surface area contributed by atoms with E-state index < -0.39 is 0 Å². The van der Waals surface area contributed by atoms with E-state index in [0.717, 1.165) is 11.3 Å². The van der Waals surface area contributed by atoms with E-state index in [-0.39, 0.29) is 5.91 Å². The van der Waals surface area contributed by atoms with Crippen molar-refractivity contribution in [3.05, 3.63) is 58.3 Å². The maximum Gasteiger partial charge on any atom is 0.264 e. The molecule has 1 heterocycles. The summed E-state index contributed by atoms with van der Waals surface area (Å²) in [6.45, 7) is 7.66. The maximum atomic E-state index is 13.3. The first-order valence-electron chi connectivity index (χ1n) is 9.44. The molecule has 0 unspecified atom stereocenters. The summed E-state index contributed by atoms with van der Waals surface area (Å²) in [5, 5.41) is 2.00. The Kier molecular flexibility index (Phi) is 5.95. The molecular weight excluding hydrogens is 326 g/mol. The highest BCUT2D eigenvalue weighted by molar-refractivity contribution is 7.12. The van der Waals surface area contributed by atoms with Crippen LogP contribution in [0, 0.1) is 17.8 Å². The molecule has 1 aromatic carbocycles. The Morgan fingerprint density at radius 2 is 1.92 bits per heavy atom. The van der Waals surface area contributed by atoms with Crippen molar-refractivity contribution in [3.63, 3.8) is 0 Å². The van der Waals surface area contributed by atoms with E-state index in [9.17, 15) is 4.79 Å². The molecule has 2 nitrogen and oxygen atoms in total. The molecule has 1 amide bonds. The molecule has 0 spiro atoms. The predicted octanol–water partition coefficient (Wildman–Crippen LogP) is 5.85. The van der Waals surface area contributed by atoms with Crippen LogP contribution in [0.1, 0.15) is 55.3 Å². The van der Waals surface area contributed by atoms with Crippen LogP contribution in [0.3, 0.4) is 0 Å². The highest BCUT2D eigenvalue weighted by Gasteiger charge is 2.37. The van der Waals surface area contributed by atoms with Gasteiger partial charge in [0.15, 0.2) is 0 Å². The molecule has 1 fully saturated rings. The first-order chi connectivity index (χ1) is 12.1. The molecule has 25 heavy (non-hydrogen) atoms. The van der Waals surface area contributed by atoms with Crippen molar-refractivity contribution in [2.24, 2.45) is 17.8 Å². The van der Waals surface area contributed by atoms with E-state index in [1.54, 1.807) is 11.3 Å². The minimum Gasteiger partial charge on any atom is -0.330 e. The lowest BCUT2D eigenvalue weighted by Gasteiger charge is -2.44. The summed E-state index contributed by atoms with van der Waals surface area (Å²) in [7, 11) is 0. The van der Waals surface area contributed by atoms with E-state index in [4.69, 9.17) is 0 Å². The fourth-order valence-corrected chi connectivity index (χ4v) is 4.85. The standard InChI is InChI=1S/C22H29NOS/c1-16(2)19-12-11-17(3)14-20(19)23(15-18-8-5-4-6-9-18)22(24)21-10-7-13-25-21/h4-10,13,16-17,19-20H,11-12,14-15H2,1-3H3/t17-,19+,20-/m0/s1. The van der Waals surface area contributed by atoms with Gasteiger partial charge in [0, 0.05) is 12.6 Å². The number of amides is 1. The lowest BCUT2D eigenvalue weighted by molar-refractivity contribution is 0.0371. The second-order valence-corrected chi connectivity index (χ2v) is 8.74. The highest BCUT2D eigenvalue weighted by Crippen LogP contribution is 2.37. The first-order valence-corrected chi connectivity index (χ1v) is 10.3. The normalized spacial score (nSPS) is 23.6.